The number of hydrogen-bond acceptors (Lipinski definition) is 4. The number of pyridine rings is 1. The highest BCUT2D eigenvalue weighted by atomic mass is 15.5. The monoisotopic (exact) mass is 338 g/mol. The molecule has 26 heavy (non-hydrogen) atoms. The maximum atomic E-state index is 4.73. The molecule has 124 valence electrons. The van der Waals surface area contributed by atoms with Gasteiger partial charge in [-0.3, -0.25) is 0 Å². The van der Waals surface area contributed by atoms with Crippen LogP contribution in [0.15, 0.2) is 79.1 Å². The van der Waals surface area contributed by atoms with Crippen molar-refractivity contribution in [3.8, 4) is 33.8 Å². The van der Waals surface area contributed by atoms with Gasteiger partial charge in [0, 0.05) is 23.5 Å². The molecule has 0 aliphatic rings. The second kappa shape index (κ2) is 5.93. The standard InChI is InChI=1S/C20H14N6/c1-2-4-14(5-3-1)15-6-8-16(9-7-15)18-13-26-11-10-17(12-19(26)21-18)20-22-24-25-23-20/h1-13H,(H,22,23,24,25). The van der Waals surface area contributed by atoms with Gasteiger partial charge in [-0.05, 0) is 28.5 Å². The van der Waals surface area contributed by atoms with Crippen molar-refractivity contribution in [2.45, 2.75) is 0 Å². The van der Waals surface area contributed by atoms with Gasteiger partial charge in [-0.25, -0.2) is 4.98 Å². The predicted octanol–water partition coefficient (Wildman–Crippen LogP) is 3.85. The Morgan fingerprint density at radius 3 is 2.31 bits per heavy atom. The minimum atomic E-state index is 0.560. The third-order valence-corrected chi connectivity index (χ3v) is 4.35. The van der Waals surface area contributed by atoms with Gasteiger partial charge in [-0.2, -0.15) is 5.21 Å². The molecule has 5 rings (SSSR count). The third-order valence-electron chi connectivity index (χ3n) is 4.35. The summed E-state index contributed by atoms with van der Waals surface area (Å²) in [5.74, 6) is 0.560. The first-order valence-corrected chi connectivity index (χ1v) is 8.25. The van der Waals surface area contributed by atoms with Gasteiger partial charge in [-0.1, -0.05) is 54.6 Å². The number of nitrogens with zero attached hydrogens (tertiary/aromatic N) is 5. The van der Waals surface area contributed by atoms with Crippen LogP contribution in [0.25, 0.3) is 39.4 Å². The first-order valence-electron chi connectivity index (χ1n) is 8.25. The van der Waals surface area contributed by atoms with E-state index in [2.05, 4.69) is 57.0 Å². The molecule has 6 nitrogen and oxygen atoms in total. The van der Waals surface area contributed by atoms with Crippen molar-refractivity contribution in [3.63, 3.8) is 0 Å². The summed E-state index contributed by atoms with van der Waals surface area (Å²) in [6, 6.07) is 22.7. The summed E-state index contributed by atoms with van der Waals surface area (Å²) in [4.78, 5) is 4.73. The third kappa shape index (κ3) is 2.53. The van der Waals surface area contributed by atoms with Crippen molar-refractivity contribution in [2.24, 2.45) is 0 Å². The molecule has 1 N–H and O–H groups in total. The molecule has 0 spiro atoms. The Labute approximate surface area is 149 Å². The number of benzene rings is 2. The molecule has 0 aliphatic heterocycles. The maximum absolute atomic E-state index is 4.73. The van der Waals surface area contributed by atoms with E-state index < -0.39 is 0 Å². The van der Waals surface area contributed by atoms with Crippen LogP contribution in [-0.2, 0) is 0 Å². The second-order valence-electron chi connectivity index (χ2n) is 5.99. The minimum absolute atomic E-state index is 0.560. The maximum Gasteiger partial charge on any atom is 0.204 e. The van der Waals surface area contributed by atoms with Gasteiger partial charge in [0.15, 0.2) is 0 Å². The molecule has 0 bridgehead atoms. The summed E-state index contributed by atoms with van der Waals surface area (Å²) in [6.07, 6.45) is 3.97. The van der Waals surface area contributed by atoms with E-state index in [1.54, 1.807) is 0 Å². The summed E-state index contributed by atoms with van der Waals surface area (Å²) in [5.41, 5.74) is 6.12. The Morgan fingerprint density at radius 2 is 1.54 bits per heavy atom. The highest BCUT2D eigenvalue weighted by molar-refractivity contribution is 5.70. The smallest absolute Gasteiger partial charge is 0.204 e. The van der Waals surface area contributed by atoms with Crippen molar-refractivity contribution in [2.75, 3.05) is 0 Å². The van der Waals surface area contributed by atoms with Crippen molar-refractivity contribution < 1.29 is 0 Å². The van der Waals surface area contributed by atoms with Crippen molar-refractivity contribution in [1.82, 2.24) is 30.0 Å². The molecule has 2 aromatic carbocycles. The van der Waals surface area contributed by atoms with Gasteiger partial charge in [-0.15, -0.1) is 10.2 Å². The molecule has 0 fully saturated rings. The molecule has 0 amide bonds. The largest absolute Gasteiger partial charge is 0.306 e. The van der Waals surface area contributed by atoms with E-state index in [-0.39, 0.29) is 0 Å². The van der Waals surface area contributed by atoms with E-state index >= 15 is 0 Å². The van der Waals surface area contributed by atoms with Crippen LogP contribution in [0.1, 0.15) is 0 Å². The Morgan fingerprint density at radius 1 is 0.769 bits per heavy atom. The fourth-order valence-corrected chi connectivity index (χ4v) is 3.01. The van der Waals surface area contributed by atoms with E-state index in [1.807, 2.05) is 47.1 Å². The molecule has 0 aliphatic carbocycles. The number of hydrogen-bond donors (Lipinski definition) is 1. The SMILES string of the molecule is c1ccc(-c2ccc(-c3cn4ccc(-c5nn[nH]n5)cc4n3)cc2)cc1. The zero-order valence-corrected chi connectivity index (χ0v) is 13.7. The zero-order chi connectivity index (χ0) is 17.3. The van der Waals surface area contributed by atoms with Gasteiger partial charge in [0.1, 0.15) is 5.65 Å². The Balaban J connectivity index is 1.51. The van der Waals surface area contributed by atoms with Crippen LogP contribution in [0.2, 0.25) is 0 Å². The molecule has 3 heterocycles. The highest BCUT2D eigenvalue weighted by Crippen LogP contribution is 2.25. The van der Waals surface area contributed by atoms with Crippen LogP contribution in [0.4, 0.5) is 0 Å². The van der Waals surface area contributed by atoms with Crippen molar-refractivity contribution >= 4 is 5.65 Å². The van der Waals surface area contributed by atoms with E-state index in [1.165, 1.54) is 11.1 Å². The number of rotatable bonds is 3. The van der Waals surface area contributed by atoms with Crippen LogP contribution in [0.3, 0.4) is 0 Å². The number of aromatic amines is 1. The minimum Gasteiger partial charge on any atom is -0.306 e. The molecule has 0 saturated heterocycles. The second-order valence-corrected chi connectivity index (χ2v) is 5.99. The molecule has 6 heteroatoms. The topological polar surface area (TPSA) is 71.8 Å². The van der Waals surface area contributed by atoms with Gasteiger partial charge in [0.2, 0.25) is 5.82 Å². The summed E-state index contributed by atoms with van der Waals surface area (Å²) < 4.78 is 1.99. The summed E-state index contributed by atoms with van der Waals surface area (Å²) in [6.45, 7) is 0. The molecule has 5 aromatic rings. The Kier molecular flexibility index (Phi) is 3.31. The van der Waals surface area contributed by atoms with Crippen LogP contribution >= 0.6 is 0 Å². The molecular weight excluding hydrogens is 324 g/mol. The quantitative estimate of drug-likeness (QED) is 0.542. The van der Waals surface area contributed by atoms with Crippen molar-refractivity contribution in [3.05, 3.63) is 79.1 Å². The van der Waals surface area contributed by atoms with Crippen LogP contribution in [0, 0.1) is 0 Å². The number of aromatic nitrogens is 6. The average Bonchev–Trinajstić information content (AvgIpc) is 3.38. The summed E-state index contributed by atoms with van der Waals surface area (Å²) in [5, 5.41) is 14.1. The van der Waals surface area contributed by atoms with Crippen molar-refractivity contribution in [1.29, 1.82) is 0 Å². The molecule has 0 atom stereocenters. The van der Waals surface area contributed by atoms with E-state index in [4.69, 9.17) is 4.98 Å². The Hall–Kier alpha value is -3.80. The number of fused-ring (bicyclic) bond motifs is 1. The molecule has 0 radical (unpaired) electrons. The lowest BCUT2D eigenvalue weighted by molar-refractivity contribution is 0.881. The molecule has 3 aromatic heterocycles. The fraction of sp³-hybridized carbons (Fsp3) is 0. The summed E-state index contributed by atoms with van der Waals surface area (Å²) in [7, 11) is 0. The predicted molar refractivity (Wildman–Crippen MR) is 99.2 cm³/mol. The van der Waals surface area contributed by atoms with Crippen LogP contribution in [0.5, 0.6) is 0 Å². The van der Waals surface area contributed by atoms with Gasteiger partial charge < -0.3 is 4.40 Å². The van der Waals surface area contributed by atoms with Gasteiger partial charge in [0.05, 0.1) is 5.69 Å². The van der Waals surface area contributed by atoms with Gasteiger partial charge >= 0.3 is 0 Å². The normalized spacial score (nSPS) is 11.1. The molecule has 0 saturated carbocycles. The number of tetrazole rings is 1. The first kappa shape index (κ1) is 14.5. The number of imidazole rings is 1. The Bertz CT molecular complexity index is 1160. The van der Waals surface area contributed by atoms with Crippen LogP contribution in [-0.4, -0.2) is 30.0 Å². The first-order chi connectivity index (χ1) is 12.9. The van der Waals surface area contributed by atoms with E-state index in [0.717, 1.165) is 22.5 Å². The summed E-state index contributed by atoms with van der Waals surface area (Å²) >= 11 is 0. The average molecular weight is 338 g/mol. The molecule has 0 unspecified atom stereocenters. The number of H-pyrrole nitrogens is 1. The number of nitrogens with one attached hydrogen (secondary N) is 1. The van der Waals surface area contributed by atoms with E-state index in [9.17, 15) is 0 Å². The fourth-order valence-electron chi connectivity index (χ4n) is 3.01. The lowest BCUT2D eigenvalue weighted by atomic mass is 10.0. The molecular formula is C20H14N6. The lowest BCUT2D eigenvalue weighted by Crippen LogP contribution is -1.86. The zero-order valence-electron chi connectivity index (χ0n) is 13.7. The highest BCUT2D eigenvalue weighted by Gasteiger charge is 2.08. The lowest BCUT2D eigenvalue weighted by Gasteiger charge is -2.02. The van der Waals surface area contributed by atoms with Crippen LogP contribution < -0.4 is 0 Å². The van der Waals surface area contributed by atoms with E-state index in [0.29, 0.717) is 5.82 Å². The van der Waals surface area contributed by atoms with Gasteiger partial charge in [0.25, 0.3) is 0 Å².